The summed E-state index contributed by atoms with van der Waals surface area (Å²) in [5, 5.41) is 3.07. The third-order valence-corrected chi connectivity index (χ3v) is 3.75. The molecule has 0 aliphatic carbocycles. The summed E-state index contributed by atoms with van der Waals surface area (Å²) >= 11 is 5.67. The van der Waals surface area contributed by atoms with E-state index in [-0.39, 0.29) is 28.5 Å². The number of rotatable bonds is 3. The van der Waals surface area contributed by atoms with E-state index in [0.29, 0.717) is 12.4 Å². The van der Waals surface area contributed by atoms with E-state index in [4.69, 9.17) is 16.0 Å². The van der Waals surface area contributed by atoms with Crippen LogP contribution in [0.4, 0.5) is 5.82 Å². The zero-order valence-electron chi connectivity index (χ0n) is 11.7. The summed E-state index contributed by atoms with van der Waals surface area (Å²) in [5.74, 6) is 0.244. The van der Waals surface area contributed by atoms with E-state index in [1.807, 2.05) is 4.90 Å². The Morgan fingerprint density at radius 1 is 1.50 bits per heavy atom. The minimum atomic E-state index is -0.311. The van der Waals surface area contributed by atoms with Gasteiger partial charge in [0.25, 0.3) is 11.5 Å². The average molecular weight is 323 g/mol. The van der Waals surface area contributed by atoms with Crippen LogP contribution in [0.1, 0.15) is 23.4 Å². The number of furan rings is 1. The highest BCUT2D eigenvalue weighted by Crippen LogP contribution is 2.16. The number of anilines is 1. The number of halogens is 1. The fourth-order valence-corrected chi connectivity index (χ4v) is 2.70. The van der Waals surface area contributed by atoms with Gasteiger partial charge in [-0.25, -0.2) is 4.98 Å². The van der Waals surface area contributed by atoms with Crippen LogP contribution in [0.3, 0.4) is 0 Å². The van der Waals surface area contributed by atoms with Gasteiger partial charge >= 0.3 is 0 Å². The summed E-state index contributed by atoms with van der Waals surface area (Å²) in [6, 6.07) is 2.98. The predicted octanol–water partition coefficient (Wildman–Crippen LogP) is 1.42. The summed E-state index contributed by atoms with van der Waals surface area (Å²) in [7, 11) is 0. The Kier molecular flexibility index (Phi) is 4.15. The number of amides is 1. The van der Waals surface area contributed by atoms with Gasteiger partial charge in [-0.05, 0) is 36.6 Å². The lowest BCUT2D eigenvalue weighted by Crippen LogP contribution is -2.49. The van der Waals surface area contributed by atoms with E-state index in [2.05, 4.69) is 15.3 Å². The zero-order chi connectivity index (χ0) is 15.5. The number of hydrogen-bond acceptors (Lipinski definition) is 5. The van der Waals surface area contributed by atoms with Gasteiger partial charge in [-0.15, -0.1) is 0 Å². The maximum Gasteiger partial charge on any atom is 0.290 e. The molecule has 116 valence electrons. The summed E-state index contributed by atoms with van der Waals surface area (Å²) in [6.07, 6.45) is 4.74. The average Bonchev–Trinajstić information content (AvgIpc) is 2.95. The summed E-state index contributed by atoms with van der Waals surface area (Å²) in [4.78, 5) is 32.5. The van der Waals surface area contributed by atoms with Gasteiger partial charge in [-0.1, -0.05) is 0 Å². The molecule has 8 heteroatoms. The maximum atomic E-state index is 12.1. The number of hydrogen-bond donors (Lipinski definition) is 2. The highest BCUT2D eigenvalue weighted by molar-refractivity contribution is 6.29. The van der Waals surface area contributed by atoms with E-state index in [9.17, 15) is 9.59 Å². The Bertz CT molecular complexity index is 727. The Morgan fingerprint density at radius 2 is 2.36 bits per heavy atom. The van der Waals surface area contributed by atoms with Crippen molar-refractivity contribution in [3.8, 4) is 0 Å². The normalized spacial score (nSPS) is 18.2. The maximum absolute atomic E-state index is 12.1. The van der Waals surface area contributed by atoms with Crippen molar-refractivity contribution >= 4 is 23.3 Å². The second-order valence-corrected chi connectivity index (χ2v) is 5.48. The molecule has 1 atom stereocenters. The first-order valence-corrected chi connectivity index (χ1v) is 7.36. The summed E-state index contributed by atoms with van der Waals surface area (Å²) in [6.45, 7) is 1.26. The van der Waals surface area contributed by atoms with Gasteiger partial charge in [0, 0.05) is 31.5 Å². The molecule has 0 unspecified atom stereocenters. The van der Waals surface area contributed by atoms with Crippen LogP contribution in [0.15, 0.2) is 33.7 Å². The SMILES string of the molecule is O=C(N[C@H]1CCCN(c2ncc[nH]c2=O)C1)c1ccc(Cl)o1. The zero-order valence-corrected chi connectivity index (χ0v) is 12.5. The lowest BCUT2D eigenvalue weighted by Gasteiger charge is -2.33. The Hall–Kier alpha value is -2.28. The first-order chi connectivity index (χ1) is 10.6. The van der Waals surface area contributed by atoms with Crippen LogP contribution in [0, 0.1) is 0 Å². The van der Waals surface area contributed by atoms with Gasteiger partial charge < -0.3 is 19.6 Å². The molecule has 1 amide bonds. The molecule has 22 heavy (non-hydrogen) atoms. The third kappa shape index (κ3) is 3.14. The van der Waals surface area contributed by atoms with Crippen molar-refractivity contribution in [1.29, 1.82) is 0 Å². The second-order valence-electron chi connectivity index (χ2n) is 5.10. The molecule has 0 saturated carbocycles. The lowest BCUT2D eigenvalue weighted by molar-refractivity contribution is 0.0905. The smallest absolute Gasteiger partial charge is 0.290 e. The van der Waals surface area contributed by atoms with Crippen LogP contribution in [0.2, 0.25) is 5.22 Å². The Morgan fingerprint density at radius 3 is 3.09 bits per heavy atom. The predicted molar refractivity (Wildman–Crippen MR) is 81.3 cm³/mol. The van der Waals surface area contributed by atoms with Crippen LogP contribution >= 0.6 is 11.6 Å². The van der Waals surface area contributed by atoms with Gasteiger partial charge in [0.15, 0.2) is 16.8 Å². The summed E-state index contributed by atoms with van der Waals surface area (Å²) < 4.78 is 5.09. The first-order valence-electron chi connectivity index (χ1n) is 6.98. The molecule has 7 nitrogen and oxygen atoms in total. The van der Waals surface area contributed by atoms with Crippen LogP contribution in [-0.2, 0) is 0 Å². The summed E-state index contributed by atoms with van der Waals surface area (Å²) in [5.41, 5.74) is -0.229. The van der Waals surface area contributed by atoms with Crippen molar-refractivity contribution in [2.24, 2.45) is 0 Å². The molecule has 2 aromatic heterocycles. The number of nitrogens with zero attached hydrogens (tertiary/aromatic N) is 2. The molecule has 0 radical (unpaired) electrons. The number of carbonyl (C=O) groups excluding carboxylic acids is 1. The minimum Gasteiger partial charge on any atom is -0.440 e. The molecule has 0 aromatic carbocycles. The molecule has 1 aliphatic rings. The fourth-order valence-electron chi connectivity index (χ4n) is 2.55. The third-order valence-electron chi connectivity index (χ3n) is 3.54. The standard InChI is InChI=1S/C14H15ClN4O3/c15-11-4-3-10(22-11)13(20)18-9-2-1-7-19(8-9)12-14(21)17-6-5-16-12/h3-6,9H,1-2,7-8H2,(H,17,21)(H,18,20)/t9-/m0/s1. The highest BCUT2D eigenvalue weighted by atomic mass is 35.5. The molecule has 1 fully saturated rings. The van der Waals surface area contributed by atoms with Crippen molar-refractivity contribution in [2.45, 2.75) is 18.9 Å². The van der Waals surface area contributed by atoms with Gasteiger partial charge in [-0.3, -0.25) is 9.59 Å². The highest BCUT2D eigenvalue weighted by Gasteiger charge is 2.24. The number of aromatic amines is 1. The van der Waals surface area contributed by atoms with Crippen LogP contribution in [-0.4, -0.2) is 35.0 Å². The molecular formula is C14H15ClN4O3. The van der Waals surface area contributed by atoms with E-state index < -0.39 is 0 Å². The molecule has 1 aliphatic heterocycles. The lowest BCUT2D eigenvalue weighted by atomic mass is 10.1. The number of H-pyrrole nitrogens is 1. The quantitative estimate of drug-likeness (QED) is 0.891. The number of carbonyl (C=O) groups is 1. The number of piperidine rings is 1. The van der Waals surface area contributed by atoms with Gasteiger partial charge in [-0.2, -0.15) is 0 Å². The monoisotopic (exact) mass is 322 g/mol. The molecule has 2 aromatic rings. The molecule has 1 saturated heterocycles. The van der Waals surface area contributed by atoms with Crippen LogP contribution in [0.25, 0.3) is 0 Å². The van der Waals surface area contributed by atoms with Crippen molar-refractivity contribution < 1.29 is 9.21 Å². The van der Waals surface area contributed by atoms with E-state index in [1.165, 1.54) is 18.3 Å². The molecule has 0 spiro atoms. The fraction of sp³-hybridized carbons (Fsp3) is 0.357. The second kappa shape index (κ2) is 6.23. The number of aromatic nitrogens is 2. The number of nitrogens with one attached hydrogen (secondary N) is 2. The van der Waals surface area contributed by atoms with E-state index in [1.54, 1.807) is 6.20 Å². The largest absolute Gasteiger partial charge is 0.440 e. The van der Waals surface area contributed by atoms with Crippen molar-refractivity contribution in [3.05, 3.63) is 45.9 Å². The molecule has 3 rings (SSSR count). The topological polar surface area (TPSA) is 91.2 Å². The Balaban J connectivity index is 1.67. The minimum absolute atomic E-state index is 0.0773. The van der Waals surface area contributed by atoms with E-state index >= 15 is 0 Å². The van der Waals surface area contributed by atoms with Gasteiger partial charge in [0.2, 0.25) is 0 Å². The van der Waals surface area contributed by atoms with Gasteiger partial charge in [0.05, 0.1) is 0 Å². The van der Waals surface area contributed by atoms with Crippen LogP contribution < -0.4 is 15.8 Å². The Labute approximate surface area is 131 Å². The van der Waals surface area contributed by atoms with Crippen molar-refractivity contribution in [1.82, 2.24) is 15.3 Å². The van der Waals surface area contributed by atoms with Crippen LogP contribution in [0.5, 0.6) is 0 Å². The van der Waals surface area contributed by atoms with Crippen molar-refractivity contribution in [3.63, 3.8) is 0 Å². The van der Waals surface area contributed by atoms with E-state index in [0.717, 1.165) is 19.4 Å². The van der Waals surface area contributed by atoms with Crippen molar-refractivity contribution in [2.75, 3.05) is 18.0 Å². The molecule has 3 heterocycles. The van der Waals surface area contributed by atoms with Gasteiger partial charge in [0.1, 0.15) is 0 Å². The molecule has 0 bridgehead atoms. The molecule has 2 N–H and O–H groups in total. The first kappa shape index (κ1) is 14.6. The molecular weight excluding hydrogens is 308 g/mol.